The molecule has 30 heavy (non-hydrogen) atoms. The Hall–Kier alpha value is -1.15. The van der Waals surface area contributed by atoms with Crippen LogP contribution < -0.4 is 10.6 Å². The molecule has 2 heterocycles. The second-order valence-corrected chi connectivity index (χ2v) is 9.39. The van der Waals surface area contributed by atoms with Crippen molar-refractivity contribution in [3.8, 4) is 0 Å². The van der Waals surface area contributed by atoms with Crippen molar-refractivity contribution >= 4 is 17.3 Å². The first-order valence-corrected chi connectivity index (χ1v) is 12.6. The molecule has 1 saturated heterocycles. The number of hydrogen-bond acceptors (Lipinski definition) is 5. The van der Waals surface area contributed by atoms with Crippen molar-refractivity contribution in [2.45, 2.75) is 52.0 Å². The molecule has 3 rings (SSSR count). The van der Waals surface area contributed by atoms with Gasteiger partial charge in [-0.3, -0.25) is 9.89 Å². The molecule has 0 aromatic carbocycles. The maximum atomic E-state index is 5.67. The molecular formula is C23H40N4O2S. The second-order valence-electron chi connectivity index (χ2n) is 8.41. The predicted molar refractivity (Wildman–Crippen MR) is 125 cm³/mol. The van der Waals surface area contributed by atoms with Gasteiger partial charge in [-0.15, -0.1) is 11.3 Å². The van der Waals surface area contributed by atoms with Crippen molar-refractivity contribution < 1.29 is 9.47 Å². The fraction of sp³-hybridized carbons (Fsp3) is 0.783. The molecule has 7 heteroatoms. The Morgan fingerprint density at radius 3 is 2.73 bits per heavy atom. The summed E-state index contributed by atoms with van der Waals surface area (Å²) >= 11 is 1.84. The monoisotopic (exact) mass is 436 g/mol. The summed E-state index contributed by atoms with van der Waals surface area (Å²) in [5.41, 5.74) is 0.314. The summed E-state index contributed by atoms with van der Waals surface area (Å²) in [5, 5.41) is 9.28. The Morgan fingerprint density at radius 1 is 1.27 bits per heavy atom. The average Bonchev–Trinajstić information content (AvgIpc) is 3.46. The summed E-state index contributed by atoms with van der Waals surface area (Å²) in [5.74, 6) is 0.940. The number of aliphatic imine (C=N–C) groups is 1. The third kappa shape index (κ3) is 6.94. The molecule has 1 aliphatic heterocycles. The van der Waals surface area contributed by atoms with Crippen molar-refractivity contribution in [1.82, 2.24) is 15.5 Å². The van der Waals surface area contributed by atoms with Crippen LogP contribution in [0.15, 0.2) is 22.5 Å². The molecule has 0 radical (unpaired) electrons. The summed E-state index contributed by atoms with van der Waals surface area (Å²) in [6.45, 7) is 12.1. The first-order chi connectivity index (χ1) is 14.8. The van der Waals surface area contributed by atoms with E-state index in [1.807, 2.05) is 11.3 Å². The van der Waals surface area contributed by atoms with E-state index in [1.165, 1.54) is 30.6 Å². The first kappa shape index (κ1) is 23.5. The lowest BCUT2D eigenvalue weighted by Gasteiger charge is -2.34. The summed E-state index contributed by atoms with van der Waals surface area (Å²) in [6, 6.07) is 4.75. The van der Waals surface area contributed by atoms with Crippen LogP contribution in [-0.4, -0.2) is 70.0 Å². The number of ether oxygens (including phenoxy) is 2. The van der Waals surface area contributed by atoms with Gasteiger partial charge in [0.1, 0.15) is 0 Å². The molecule has 1 aromatic heterocycles. The van der Waals surface area contributed by atoms with Gasteiger partial charge in [0, 0.05) is 50.8 Å². The van der Waals surface area contributed by atoms with Crippen LogP contribution in [0.1, 0.15) is 56.9 Å². The van der Waals surface area contributed by atoms with E-state index in [9.17, 15) is 0 Å². The van der Waals surface area contributed by atoms with Crippen LogP contribution in [0, 0.1) is 5.41 Å². The molecule has 1 atom stereocenters. The molecule has 0 bridgehead atoms. The molecule has 1 aromatic rings. The topological polar surface area (TPSA) is 58.1 Å². The summed E-state index contributed by atoms with van der Waals surface area (Å²) in [4.78, 5) is 8.98. The number of guanidine groups is 1. The van der Waals surface area contributed by atoms with E-state index in [-0.39, 0.29) is 0 Å². The Kier molecular flexibility index (Phi) is 9.91. The Labute approximate surface area is 186 Å². The van der Waals surface area contributed by atoms with Gasteiger partial charge in [-0.25, -0.2) is 0 Å². The highest BCUT2D eigenvalue weighted by atomic mass is 32.1. The highest BCUT2D eigenvalue weighted by Crippen LogP contribution is 2.41. The molecule has 1 aliphatic carbocycles. The van der Waals surface area contributed by atoms with Crippen LogP contribution in [0.25, 0.3) is 0 Å². The van der Waals surface area contributed by atoms with Gasteiger partial charge in [0.2, 0.25) is 0 Å². The van der Waals surface area contributed by atoms with Crippen molar-refractivity contribution in [3.63, 3.8) is 0 Å². The van der Waals surface area contributed by atoms with Crippen LogP contribution >= 0.6 is 11.3 Å². The lowest BCUT2D eigenvalue weighted by atomic mass is 9.83. The van der Waals surface area contributed by atoms with Crippen molar-refractivity contribution in [2.75, 3.05) is 59.2 Å². The van der Waals surface area contributed by atoms with Crippen LogP contribution in [0.2, 0.25) is 0 Å². The van der Waals surface area contributed by atoms with E-state index in [4.69, 9.17) is 14.5 Å². The van der Waals surface area contributed by atoms with Crippen LogP contribution in [-0.2, 0) is 9.47 Å². The van der Waals surface area contributed by atoms with Crippen molar-refractivity contribution in [1.29, 1.82) is 0 Å². The number of morpholine rings is 1. The highest BCUT2D eigenvalue weighted by Gasteiger charge is 2.33. The SMILES string of the molecule is CCNC(=NCC1(CCOCC)CCCC1)NCC(c1cccs1)N1CCOCC1. The molecule has 6 nitrogen and oxygen atoms in total. The van der Waals surface area contributed by atoms with Gasteiger partial charge in [0.25, 0.3) is 0 Å². The van der Waals surface area contributed by atoms with E-state index in [0.717, 1.165) is 71.5 Å². The fourth-order valence-electron chi connectivity index (χ4n) is 4.61. The van der Waals surface area contributed by atoms with Crippen molar-refractivity contribution in [2.24, 2.45) is 10.4 Å². The quantitative estimate of drug-likeness (QED) is 0.315. The standard InChI is InChI=1S/C23H40N4O2S/c1-3-24-22(26-19-23(9-5-6-10-23)11-14-28-4-2)25-18-20(21-8-7-17-30-21)27-12-15-29-16-13-27/h7-8,17,20H,3-6,9-16,18-19H2,1-2H3,(H2,24,25,26). The lowest BCUT2D eigenvalue weighted by molar-refractivity contribution is 0.0177. The largest absolute Gasteiger partial charge is 0.382 e. The molecule has 1 saturated carbocycles. The molecule has 2 N–H and O–H groups in total. The highest BCUT2D eigenvalue weighted by molar-refractivity contribution is 7.10. The van der Waals surface area contributed by atoms with Crippen LogP contribution in [0.3, 0.4) is 0 Å². The fourth-order valence-corrected chi connectivity index (χ4v) is 5.47. The van der Waals surface area contributed by atoms with E-state index in [2.05, 4.69) is 46.9 Å². The minimum absolute atomic E-state index is 0.314. The van der Waals surface area contributed by atoms with Crippen LogP contribution in [0.5, 0.6) is 0 Å². The molecular weight excluding hydrogens is 396 g/mol. The molecule has 0 spiro atoms. The minimum Gasteiger partial charge on any atom is -0.382 e. The maximum absolute atomic E-state index is 5.67. The van der Waals surface area contributed by atoms with Gasteiger partial charge in [0.05, 0.1) is 19.3 Å². The van der Waals surface area contributed by atoms with Gasteiger partial charge in [-0.05, 0) is 50.0 Å². The smallest absolute Gasteiger partial charge is 0.191 e. The number of thiophene rings is 1. The molecule has 170 valence electrons. The number of nitrogens with one attached hydrogen (secondary N) is 2. The Balaban J connectivity index is 1.62. The predicted octanol–water partition coefficient (Wildman–Crippen LogP) is 3.66. The molecule has 0 amide bonds. The summed E-state index contributed by atoms with van der Waals surface area (Å²) in [6.07, 6.45) is 6.31. The third-order valence-electron chi connectivity index (χ3n) is 6.38. The molecule has 1 unspecified atom stereocenters. The third-order valence-corrected chi connectivity index (χ3v) is 7.36. The molecule has 2 fully saturated rings. The Morgan fingerprint density at radius 2 is 2.07 bits per heavy atom. The number of rotatable bonds is 11. The van der Waals surface area contributed by atoms with Crippen molar-refractivity contribution in [3.05, 3.63) is 22.4 Å². The van der Waals surface area contributed by atoms with E-state index < -0.39 is 0 Å². The maximum Gasteiger partial charge on any atom is 0.191 e. The summed E-state index contributed by atoms with van der Waals surface area (Å²) < 4.78 is 11.2. The second kappa shape index (κ2) is 12.6. The minimum atomic E-state index is 0.314. The first-order valence-electron chi connectivity index (χ1n) is 11.7. The number of hydrogen-bond donors (Lipinski definition) is 2. The average molecular weight is 437 g/mol. The van der Waals surface area contributed by atoms with Gasteiger partial charge in [-0.1, -0.05) is 18.9 Å². The van der Waals surface area contributed by atoms with Gasteiger partial charge < -0.3 is 20.1 Å². The van der Waals surface area contributed by atoms with Gasteiger partial charge in [0.15, 0.2) is 5.96 Å². The Bertz CT molecular complexity index is 611. The summed E-state index contributed by atoms with van der Waals surface area (Å²) in [7, 11) is 0. The van der Waals surface area contributed by atoms with Crippen LogP contribution in [0.4, 0.5) is 0 Å². The van der Waals surface area contributed by atoms with E-state index in [0.29, 0.717) is 11.5 Å². The van der Waals surface area contributed by atoms with Gasteiger partial charge in [-0.2, -0.15) is 0 Å². The van der Waals surface area contributed by atoms with E-state index in [1.54, 1.807) is 0 Å². The number of nitrogens with zero attached hydrogens (tertiary/aromatic N) is 2. The zero-order valence-corrected chi connectivity index (χ0v) is 19.6. The zero-order chi connectivity index (χ0) is 21.1. The van der Waals surface area contributed by atoms with E-state index >= 15 is 0 Å². The molecule has 2 aliphatic rings. The van der Waals surface area contributed by atoms with Gasteiger partial charge >= 0.3 is 0 Å². The lowest BCUT2D eigenvalue weighted by Crippen LogP contribution is -2.46. The zero-order valence-electron chi connectivity index (χ0n) is 18.8. The normalized spacial score (nSPS) is 20.9.